The first-order chi connectivity index (χ1) is 9.75. The minimum Gasteiger partial charge on any atom is -0.387 e. The Morgan fingerprint density at radius 2 is 2.05 bits per heavy atom. The van der Waals surface area contributed by atoms with Gasteiger partial charge in [0.05, 0.1) is 6.10 Å². The van der Waals surface area contributed by atoms with Crippen molar-refractivity contribution in [3.05, 3.63) is 57.8 Å². The Morgan fingerprint density at radius 1 is 1.25 bits per heavy atom. The van der Waals surface area contributed by atoms with Crippen molar-refractivity contribution in [3.8, 4) is 0 Å². The maximum Gasteiger partial charge on any atom is 0.0917 e. The molecule has 1 fully saturated rings. The van der Waals surface area contributed by atoms with Gasteiger partial charge in [-0.25, -0.2) is 0 Å². The first kappa shape index (κ1) is 13.8. The Balaban J connectivity index is 1.64. The monoisotopic (exact) mass is 287 g/mol. The Hall–Kier alpha value is -1.16. The highest BCUT2D eigenvalue weighted by Gasteiger charge is 2.32. The quantitative estimate of drug-likeness (QED) is 0.846. The molecule has 1 aromatic carbocycles. The number of benzene rings is 1. The minimum atomic E-state index is -0.433. The Bertz CT molecular complexity index is 548. The van der Waals surface area contributed by atoms with Crippen molar-refractivity contribution in [1.29, 1.82) is 0 Å². The molecule has 2 aromatic rings. The average Bonchev–Trinajstić information content (AvgIpc) is 3.14. The lowest BCUT2D eigenvalue weighted by atomic mass is 10.0. The van der Waals surface area contributed by atoms with Crippen molar-refractivity contribution in [2.24, 2.45) is 5.92 Å². The number of hydrogen-bond donors (Lipinski definition) is 2. The van der Waals surface area contributed by atoms with Crippen LogP contribution < -0.4 is 5.32 Å². The van der Waals surface area contributed by atoms with E-state index in [0.29, 0.717) is 12.6 Å². The number of aliphatic hydroxyl groups is 1. The maximum absolute atomic E-state index is 10.4. The summed E-state index contributed by atoms with van der Waals surface area (Å²) in [7, 11) is 0. The van der Waals surface area contributed by atoms with Gasteiger partial charge in [0.15, 0.2) is 0 Å². The van der Waals surface area contributed by atoms with Gasteiger partial charge in [0.2, 0.25) is 0 Å². The molecule has 2 nitrogen and oxygen atoms in total. The summed E-state index contributed by atoms with van der Waals surface area (Å²) in [5, 5.41) is 16.1. The third-order valence-electron chi connectivity index (χ3n) is 4.02. The van der Waals surface area contributed by atoms with E-state index in [1.165, 1.54) is 17.7 Å². The van der Waals surface area contributed by atoms with Crippen LogP contribution >= 0.6 is 11.3 Å². The van der Waals surface area contributed by atoms with Gasteiger partial charge in [-0.05, 0) is 48.3 Å². The molecule has 1 aliphatic rings. The highest BCUT2D eigenvalue weighted by Crippen LogP contribution is 2.42. The third kappa shape index (κ3) is 3.11. The third-order valence-corrected chi connectivity index (χ3v) is 4.98. The van der Waals surface area contributed by atoms with Crippen molar-refractivity contribution in [2.75, 3.05) is 6.54 Å². The topological polar surface area (TPSA) is 32.3 Å². The summed E-state index contributed by atoms with van der Waals surface area (Å²) in [4.78, 5) is 1.39. The van der Waals surface area contributed by atoms with E-state index in [4.69, 9.17) is 0 Å². The Labute approximate surface area is 124 Å². The molecule has 2 N–H and O–H groups in total. The van der Waals surface area contributed by atoms with Crippen molar-refractivity contribution in [2.45, 2.75) is 31.9 Å². The molecule has 0 bridgehead atoms. The highest BCUT2D eigenvalue weighted by atomic mass is 32.1. The van der Waals surface area contributed by atoms with Crippen molar-refractivity contribution >= 4 is 11.3 Å². The van der Waals surface area contributed by atoms with Crippen LogP contribution in [0.3, 0.4) is 0 Å². The van der Waals surface area contributed by atoms with Crippen molar-refractivity contribution in [1.82, 2.24) is 5.32 Å². The summed E-state index contributed by atoms with van der Waals surface area (Å²) in [5.74, 6) is 0.748. The second kappa shape index (κ2) is 6.08. The molecule has 0 saturated heterocycles. The lowest BCUT2D eigenvalue weighted by molar-refractivity contribution is 0.167. The molecule has 0 aliphatic heterocycles. The van der Waals surface area contributed by atoms with E-state index in [9.17, 15) is 5.11 Å². The van der Waals surface area contributed by atoms with E-state index in [0.717, 1.165) is 17.0 Å². The number of rotatable bonds is 6. The fourth-order valence-corrected chi connectivity index (χ4v) is 3.60. The summed E-state index contributed by atoms with van der Waals surface area (Å²) in [5.41, 5.74) is 2.18. The Kier molecular flexibility index (Phi) is 4.20. The molecular formula is C17H21NOS. The molecular weight excluding hydrogens is 266 g/mol. The summed E-state index contributed by atoms with van der Waals surface area (Å²) < 4.78 is 0. The lowest BCUT2D eigenvalue weighted by Gasteiger charge is -2.20. The molecule has 1 aliphatic carbocycles. The van der Waals surface area contributed by atoms with E-state index in [1.54, 1.807) is 11.3 Å². The highest BCUT2D eigenvalue weighted by molar-refractivity contribution is 7.10. The molecule has 3 heteroatoms. The fraction of sp³-hybridized carbons (Fsp3) is 0.412. The summed E-state index contributed by atoms with van der Waals surface area (Å²) in [6.07, 6.45) is 2.17. The van der Waals surface area contributed by atoms with Gasteiger partial charge in [-0.15, -0.1) is 11.3 Å². The summed E-state index contributed by atoms with van der Waals surface area (Å²) >= 11 is 1.81. The normalized spacial score (nSPS) is 17.9. The first-order valence-corrected chi connectivity index (χ1v) is 8.14. The largest absolute Gasteiger partial charge is 0.387 e. The number of nitrogens with one attached hydrogen (secondary N) is 1. The van der Waals surface area contributed by atoms with Crippen LogP contribution in [-0.4, -0.2) is 11.7 Å². The molecule has 3 rings (SSSR count). The molecule has 106 valence electrons. The molecule has 2 unspecified atom stereocenters. The van der Waals surface area contributed by atoms with E-state index >= 15 is 0 Å². The molecule has 1 aromatic heterocycles. The van der Waals surface area contributed by atoms with Gasteiger partial charge >= 0.3 is 0 Å². The van der Waals surface area contributed by atoms with Gasteiger partial charge < -0.3 is 10.4 Å². The standard InChI is InChI=1S/C17H21NOS/c1-12-5-2-3-6-14(12)15(19)11-18-17(13-8-9-13)16-7-4-10-20-16/h2-7,10,13,15,17-19H,8-9,11H2,1H3. The van der Waals surface area contributed by atoms with Crippen LogP contribution in [0.2, 0.25) is 0 Å². The SMILES string of the molecule is Cc1ccccc1C(O)CNC(c1cccs1)C1CC1. The zero-order valence-electron chi connectivity index (χ0n) is 11.8. The van der Waals surface area contributed by atoms with Gasteiger partial charge in [0.25, 0.3) is 0 Å². The van der Waals surface area contributed by atoms with Gasteiger partial charge in [-0.3, -0.25) is 0 Å². The van der Waals surface area contributed by atoms with Crippen LogP contribution in [0.5, 0.6) is 0 Å². The lowest BCUT2D eigenvalue weighted by Crippen LogP contribution is -2.27. The molecule has 0 amide bonds. The van der Waals surface area contributed by atoms with Gasteiger partial charge in [0.1, 0.15) is 0 Å². The number of aliphatic hydroxyl groups excluding tert-OH is 1. The van der Waals surface area contributed by atoms with E-state index in [1.807, 2.05) is 18.2 Å². The van der Waals surface area contributed by atoms with Crippen LogP contribution in [0.4, 0.5) is 0 Å². The number of aryl methyl sites for hydroxylation is 1. The molecule has 0 radical (unpaired) electrons. The molecule has 1 saturated carbocycles. The van der Waals surface area contributed by atoms with Crippen molar-refractivity contribution in [3.63, 3.8) is 0 Å². The summed E-state index contributed by atoms with van der Waals surface area (Å²) in [6.45, 7) is 2.67. The minimum absolute atomic E-state index is 0.411. The summed E-state index contributed by atoms with van der Waals surface area (Å²) in [6, 6.07) is 12.8. The molecule has 0 spiro atoms. The van der Waals surface area contributed by atoms with Crippen LogP contribution in [-0.2, 0) is 0 Å². The Morgan fingerprint density at radius 3 is 2.70 bits per heavy atom. The maximum atomic E-state index is 10.4. The number of thiophene rings is 1. The van der Waals surface area contributed by atoms with Crippen LogP contribution in [0.25, 0.3) is 0 Å². The van der Waals surface area contributed by atoms with Gasteiger partial charge in [0, 0.05) is 17.5 Å². The van der Waals surface area contributed by atoms with E-state index in [-0.39, 0.29) is 0 Å². The van der Waals surface area contributed by atoms with E-state index in [2.05, 4.69) is 35.8 Å². The van der Waals surface area contributed by atoms with Crippen LogP contribution in [0.15, 0.2) is 41.8 Å². The van der Waals surface area contributed by atoms with Crippen LogP contribution in [0.1, 0.15) is 41.0 Å². The van der Waals surface area contributed by atoms with Crippen molar-refractivity contribution < 1.29 is 5.11 Å². The first-order valence-electron chi connectivity index (χ1n) is 7.26. The van der Waals surface area contributed by atoms with Crippen LogP contribution in [0, 0.1) is 12.8 Å². The smallest absolute Gasteiger partial charge is 0.0917 e. The predicted molar refractivity (Wildman–Crippen MR) is 83.9 cm³/mol. The second-order valence-electron chi connectivity index (χ2n) is 5.61. The zero-order chi connectivity index (χ0) is 13.9. The molecule has 1 heterocycles. The molecule has 2 atom stereocenters. The predicted octanol–water partition coefficient (Wildman–Crippen LogP) is 3.83. The fourth-order valence-electron chi connectivity index (χ4n) is 2.71. The van der Waals surface area contributed by atoms with E-state index < -0.39 is 6.10 Å². The second-order valence-corrected chi connectivity index (χ2v) is 6.59. The van der Waals surface area contributed by atoms with Gasteiger partial charge in [-0.1, -0.05) is 30.3 Å². The number of hydrogen-bond acceptors (Lipinski definition) is 3. The average molecular weight is 287 g/mol. The molecule has 20 heavy (non-hydrogen) atoms. The zero-order valence-corrected chi connectivity index (χ0v) is 12.6. The van der Waals surface area contributed by atoms with Gasteiger partial charge in [-0.2, -0.15) is 0 Å².